The van der Waals surface area contributed by atoms with Crippen molar-refractivity contribution in [3.05, 3.63) is 28.7 Å². The van der Waals surface area contributed by atoms with Crippen molar-refractivity contribution in [3.63, 3.8) is 0 Å². The monoisotopic (exact) mass is 370 g/mol. The summed E-state index contributed by atoms with van der Waals surface area (Å²) in [6, 6.07) is 4.50. The summed E-state index contributed by atoms with van der Waals surface area (Å²) in [5.41, 5.74) is -0.0879. The summed E-state index contributed by atoms with van der Waals surface area (Å²) >= 11 is 0. The van der Waals surface area contributed by atoms with Crippen LogP contribution < -0.4 is 10.4 Å². The van der Waals surface area contributed by atoms with Gasteiger partial charge >= 0.3 is 5.69 Å². The predicted molar refractivity (Wildman–Crippen MR) is 94.0 cm³/mol. The van der Waals surface area contributed by atoms with Gasteiger partial charge in [0.05, 0.1) is 21.5 Å². The number of imidazole rings is 1. The van der Waals surface area contributed by atoms with Crippen LogP contribution in [0.3, 0.4) is 0 Å². The topological polar surface area (TPSA) is 87.2 Å². The Morgan fingerprint density at radius 3 is 2.68 bits per heavy atom. The number of aromatic amines is 1. The van der Waals surface area contributed by atoms with Crippen molar-refractivity contribution in [2.45, 2.75) is 36.2 Å². The van der Waals surface area contributed by atoms with Gasteiger partial charge in [-0.05, 0) is 58.1 Å². The Morgan fingerprint density at radius 2 is 2.08 bits per heavy atom. The normalized spacial score (nSPS) is 16.6. The molecular weight excluding hydrogens is 347 g/mol. The second-order valence-corrected chi connectivity index (χ2v) is 8.62. The molecule has 1 fully saturated rings. The van der Waals surface area contributed by atoms with Gasteiger partial charge < -0.3 is 9.88 Å². The van der Waals surface area contributed by atoms with Crippen LogP contribution in [0, 0.1) is 0 Å². The Hall–Kier alpha value is -1.71. The SMILES string of the molecule is CN(C)CCCn1c(=O)[nH]c2cc(S(=O)(=O)NC3(CF)CC3)ccc21. The molecule has 2 N–H and O–H groups in total. The maximum atomic E-state index is 13.0. The number of nitrogens with zero attached hydrogens (tertiary/aromatic N) is 2. The number of alkyl halides is 1. The van der Waals surface area contributed by atoms with E-state index in [1.54, 1.807) is 10.6 Å². The van der Waals surface area contributed by atoms with Crippen molar-refractivity contribution >= 4 is 21.1 Å². The van der Waals surface area contributed by atoms with Crippen LogP contribution in [-0.4, -0.2) is 55.7 Å². The summed E-state index contributed by atoms with van der Waals surface area (Å²) in [6.45, 7) is 0.681. The Balaban J connectivity index is 1.87. The number of hydrogen-bond donors (Lipinski definition) is 2. The molecule has 3 rings (SSSR count). The van der Waals surface area contributed by atoms with Gasteiger partial charge in [-0.2, -0.15) is 0 Å². The van der Waals surface area contributed by atoms with E-state index in [1.165, 1.54) is 12.1 Å². The largest absolute Gasteiger partial charge is 0.326 e. The summed E-state index contributed by atoms with van der Waals surface area (Å²) in [4.78, 5) is 16.9. The van der Waals surface area contributed by atoms with Gasteiger partial charge in [0.2, 0.25) is 10.0 Å². The first-order valence-corrected chi connectivity index (χ1v) is 9.72. The molecule has 0 amide bonds. The van der Waals surface area contributed by atoms with Crippen LogP contribution in [0.4, 0.5) is 4.39 Å². The molecule has 25 heavy (non-hydrogen) atoms. The third-order valence-corrected chi connectivity index (χ3v) is 6.08. The Labute approximate surface area is 145 Å². The first-order valence-electron chi connectivity index (χ1n) is 8.24. The molecule has 138 valence electrons. The van der Waals surface area contributed by atoms with Crippen molar-refractivity contribution in [1.29, 1.82) is 0 Å². The minimum Gasteiger partial charge on any atom is -0.309 e. The molecule has 1 aliphatic rings. The van der Waals surface area contributed by atoms with E-state index in [-0.39, 0.29) is 10.6 Å². The van der Waals surface area contributed by atoms with Crippen LogP contribution in [0.25, 0.3) is 11.0 Å². The maximum absolute atomic E-state index is 13.0. The van der Waals surface area contributed by atoms with Gasteiger partial charge in [0.15, 0.2) is 0 Å². The fraction of sp³-hybridized carbons (Fsp3) is 0.562. The maximum Gasteiger partial charge on any atom is 0.326 e. The lowest BCUT2D eigenvalue weighted by atomic mass is 10.3. The highest BCUT2D eigenvalue weighted by Gasteiger charge is 2.46. The number of hydrogen-bond acceptors (Lipinski definition) is 4. The molecule has 0 atom stereocenters. The highest BCUT2D eigenvalue weighted by atomic mass is 32.2. The van der Waals surface area contributed by atoms with E-state index in [1.807, 2.05) is 19.0 Å². The summed E-state index contributed by atoms with van der Waals surface area (Å²) in [6.07, 6.45) is 1.81. The zero-order valence-corrected chi connectivity index (χ0v) is 15.2. The zero-order valence-electron chi connectivity index (χ0n) is 14.4. The van der Waals surface area contributed by atoms with Gasteiger partial charge in [-0.1, -0.05) is 0 Å². The average molecular weight is 370 g/mol. The molecule has 0 bridgehead atoms. The number of aryl methyl sites for hydroxylation is 1. The lowest BCUT2D eigenvalue weighted by molar-refractivity contribution is 0.386. The van der Waals surface area contributed by atoms with Gasteiger partial charge in [0.25, 0.3) is 0 Å². The predicted octanol–water partition coefficient (Wildman–Crippen LogP) is 1.06. The average Bonchev–Trinajstić information content (AvgIpc) is 3.23. The van der Waals surface area contributed by atoms with Crippen LogP contribution in [-0.2, 0) is 16.6 Å². The number of sulfonamides is 1. The molecule has 1 saturated carbocycles. The van der Waals surface area contributed by atoms with Crippen LogP contribution in [0.15, 0.2) is 27.9 Å². The fourth-order valence-electron chi connectivity index (χ4n) is 2.83. The first kappa shape index (κ1) is 18.1. The number of aromatic nitrogens is 2. The minimum absolute atomic E-state index is 0.0291. The molecule has 7 nitrogen and oxygen atoms in total. The molecule has 0 spiro atoms. The lowest BCUT2D eigenvalue weighted by Gasteiger charge is -2.14. The Bertz CT molecular complexity index is 928. The standard InChI is InChI=1S/C16H23FN4O3S/c1-20(2)8-3-9-21-14-5-4-12(10-13(14)18-15(21)22)25(23,24)19-16(11-17)6-7-16/h4-5,10,19H,3,6-9,11H2,1-2H3,(H,18,22). The number of nitrogens with one attached hydrogen (secondary N) is 2. The molecule has 1 heterocycles. The number of fused-ring (bicyclic) bond motifs is 1. The van der Waals surface area contributed by atoms with Crippen molar-refractivity contribution in [1.82, 2.24) is 19.2 Å². The summed E-state index contributed by atoms with van der Waals surface area (Å²) in [5, 5.41) is 0. The minimum atomic E-state index is -3.82. The second kappa shape index (κ2) is 6.54. The van der Waals surface area contributed by atoms with E-state index in [4.69, 9.17) is 0 Å². The fourth-order valence-corrected chi connectivity index (χ4v) is 4.30. The number of rotatable bonds is 8. The highest BCUT2D eigenvalue weighted by molar-refractivity contribution is 7.89. The molecule has 1 aromatic heterocycles. The van der Waals surface area contributed by atoms with Crippen molar-refractivity contribution in [3.8, 4) is 0 Å². The summed E-state index contributed by atoms with van der Waals surface area (Å²) in [5.74, 6) is 0. The molecule has 2 aromatic rings. The smallest absolute Gasteiger partial charge is 0.309 e. The second-order valence-electron chi connectivity index (χ2n) is 6.94. The van der Waals surface area contributed by atoms with Gasteiger partial charge in [0.1, 0.15) is 6.67 Å². The molecule has 0 aliphatic heterocycles. The van der Waals surface area contributed by atoms with Gasteiger partial charge in [-0.3, -0.25) is 4.57 Å². The van der Waals surface area contributed by atoms with Gasteiger partial charge in [0, 0.05) is 6.54 Å². The molecule has 1 aromatic carbocycles. The van der Waals surface area contributed by atoms with Crippen LogP contribution in [0.2, 0.25) is 0 Å². The number of H-pyrrole nitrogens is 1. The highest BCUT2D eigenvalue weighted by Crippen LogP contribution is 2.37. The molecular formula is C16H23FN4O3S. The van der Waals surface area contributed by atoms with E-state index >= 15 is 0 Å². The van der Waals surface area contributed by atoms with Crippen LogP contribution >= 0.6 is 0 Å². The van der Waals surface area contributed by atoms with Gasteiger partial charge in [-0.15, -0.1) is 0 Å². The van der Waals surface area contributed by atoms with E-state index in [0.717, 1.165) is 13.0 Å². The zero-order chi connectivity index (χ0) is 18.2. The van der Waals surface area contributed by atoms with E-state index in [9.17, 15) is 17.6 Å². The Morgan fingerprint density at radius 1 is 1.36 bits per heavy atom. The lowest BCUT2D eigenvalue weighted by Crippen LogP contribution is -2.38. The van der Waals surface area contributed by atoms with Crippen molar-refractivity contribution < 1.29 is 12.8 Å². The van der Waals surface area contributed by atoms with Crippen molar-refractivity contribution in [2.75, 3.05) is 27.3 Å². The van der Waals surface area contributed by atoms with E-state index < -0.39 is 22.2 Å². The summed E-state index contributed by atoms with van der Waals surface area (Å²) in [7, 11) is 0.110. The molecule has 9 heteroatoms. The molecule has 1 aliphatic carbocycles. The number of halogens is 1. The molecule has 0 radical (unpaired) electrons. The molecule has 0 unspecified atom stereocenters. The van der Waals surface area contributed by atoms with Crippen LogP contribution in [0.5, 0.6) is 0 Å². The molecule has 0 saturated heterocycles. The third-order valence-electron chi connectivity index (χ3n) is 4.50. The third kappa shape index (κ3) is 3.78. The van der Waals surface area contributed by atoms with Crippen molar-refractivity contribution in [2.24, 2.45) is 0 Å². The Kier molecular flexibility index (Phi) is 4.74. The van der Waals surface area contributed by atoms with Crippen LogP contribution in [0.1, 0.15) is 19.3 Å². The van der Waals surface area contributed by atoms with E-state index in [0.29, 0.717) is 30.4 Å². The summed E-state index contributed by atoms with van der Waals surface area (Å²) < 4.78 is 41.9. The first-order chi connectivity index (χ1) is 11.8. The van der Waals surface area contributed by atoms with Gasteiger partial charge in [-0.25, -0.2) is 22.3 Å². The van der Waals surface area contributed by atoms with E-state index in [2.05, 4.69) is 9.71 Å². The number of benzene rings is 1. The quantitative estimate of drug-likeness (QED) is 0.727.